The maximum absolute atomic E-state index is 6.98. The normalized spacial score (nSPS) is 23.0. The standard InChI is InChI=1S/C28H25NO/c1-29-18-17-22-12-6-8-14-25(22)28(29)19-24(20-9-3-2-4-10-20)27-23-13-7-5-11-21(23)15-16-26(27)30-28/h2-16,24H,17-19H2,1H3/t24-,28+/m0/s1. The molecule has 2 heteroatoms. The van der Waals surface area contributed by atoms with E-state index in [0.29, 0.717) is 0 Å². The zero-order valence-electron chi connectivity index (χ0n) is 17.2. The van der Waals surface area contributed by atoms with Gasteiger partial charge in [-0.1, -0.05) is 84.9 Å². The van der Waals surface area contributed by atoms with E-state index in [9.17, 15) is 0 Å². The van der Waals surface area contributed by atoms with Crippen LogP contribution in [0.5, 0.6) is 5.75 Å². The van der Waals surface area contributed by atoms with E-state index >= 15 is 0 Å². The highest BCUT2D eigenvalue weighted by Gasteiger charge is 2.49. The van der Waals surface area contributed by atoms with Gasteiger partial charge < -0.3 is 4.74 Å². The number of fused-ring (bicyclic) bond motifs is 5. The van der Waals surface area contributed by atoms with Crippen LogP contribution in [-0.2, 0) is 12.1 Å². The third-order valence-corrected chi connectivity index (χ3v) is 7.01. The quantitative estimate of drug-likeness (QED) is 0.389. The van der Waals surface area contributed by atoms with Crippen LogP contribution >= 0.6 is 0 Å². The van der Waals surface area contributed by atoms with Gasteiger partial charge in [0.05, 0.1) is 0 Å². The Balaban J connectivity index is 1.63. The Hall–Kier alpha value is -3.10. The van der Waals surface area contributed by atoms with Gasteiger partial charge in [0.1, 0.15) is 5.75 Å². The molecule has 2 atom stereocenters. The number of hydrogen-bond donors (Lipinski definition) is 0. The van der Waals surface area contributed by atoms with Gasteiger partial charge in [-0.05, 0) is 41.4 Å². The molecule has 1 spiro atoms. The molecular formula is C28H25NO. The monoisotopic (exact) mass is 391 g/mol. The summed E-state index contributed by atoms with van der Waals surface area (Å²) in [5.74, 6) is 1.28. The summed E-state index contributed by atoms with van der Waals surface area (Å²) in [5.41, 5.74) is 4.96. The van der Waals surface area contributed by atoms with E-state index in [0.717, 1.165) is 25.1 Å². The summed E-state index contributed by atoms with van der Waals surface area (Å²) in [6, 6.07) is 32.8. The van der Waals surface area contributed by atoms with Crippen LogP contribution in [0.4, 0.5) is 0 Å². The lowest BCUT2D eigenvalue weighted by molar-refractivity contribution is -0.104. The van der Waals surface area contributed by atoms with E-state index < -0.39 is 5.72 Å². The van der Waals surface area contributed by atoms with Crippen molar-refractivity contribution in [2.75, 3.05) is 13.6 Å². The number of hydrogen-bond acceptors (Lipinski definition) is 2. The van der Waals surface area contributed by atoms with E-state index in [2.05, 4.69) is 103 Å². The molecule has 30 heavy (non-hydrogen) atoms. The largest absolute Gasteiger partial charge is 0.468 e. The summed E-state index contributed by atoms with van der Waals surface area (Å²) in [7, 11) is 2.21. The average molecular weight is 392 g/mol. The lowest BCUT2D eigenvalue weighted by Gasteiger charge is -2.51. The van der Waals surface area contributed by atoms with Gasteiger partial charge in [-0.15, -0.1) is 0 Å². The van der Waals surface area contributed by atoms with Crippen LogP contribution in [0.3, 0.4) is 0 Å². The molecule has 0 saturated heterocycles. The fraction of sp³-hybridized carbons (Fsp3) is 0.214. The second-order valence-corrected chi connectivity index (χ2v) is 8.58. The minimum absolute atomic E-state index is 0.273. The van der Waals surface area contributed by atoms with Crippen LogP contribution in [0, 0.1) is 0 Å². The predicted molar refractivity (Wildman–Crippen MR) is 122 cm³/mol. The van der Waals surface area contributed by atoms with Crippen molar-refractivity contribution in [3.8, 4) is 5.75 Å². The van der Waals surface area contributed by atoms with Crippen molar-refractivity contribution in [1.29, 1.82) is 0 Å². The van der Waals surface area contributed by atoms with Crippen molar-refractivity contribution >= 4 is 10.8 Å². The first-order valence-corrected chi connectivity index (χ1v) is 10.8. The highest BCUT2D eigenvalue weighted by Crippen LogP contribution is 2.53. The fourth-order valence-electron chi connectivity index (χ4n) is 5.49. The van der Waals surface area contributed by atoms with Crippen LogP contribution in [0.25, 0.3) is 10.8 Å². The first-order valence-electron chi connectivity index (χ1n) is 10.8. The Labute approximate surface area is 177 Å². The van der Waals surface area contributed by atoms with Gasteiger partial charge in [-0.3, -0.25) is 4.90 Å². The highest BCUT2D eigenvalue weighted by atomic mass is 16.5. The molecule has 4 aromatic rings. The molecule has 0 bridgehead atoms. The summed E-state index contributed by atoms with van der Waals surface area (Å²) >= 11 is 0. The van der Waals surface area contributed by atoms with Crippen molar-refractivity contribution < 1.29 is 4.74 Å². The molecule has 0 unspecified atom stereocenters. The summed E-state index contributed by atoms with van der Waals surface area (Å²) in [6.45, 7) is 1.00. The van der Waals surface area contributed by atoms with Gasteiger partial charge in [0, 0.05) is 30.0 Å². The van der Waals surface area contributed by atoms with Crippen molar-refractivity contribution in [1.82, 2.24) is 4.90 Å². The number of rotatable bonds is 1. The van der Waals surface area contributed by atoms with E-state index in [-0.39, 0.29) is 5.92 Å². The van der Waals surface area contributed by atoms with E-state index in [1.807, 2.05) is 0 Å². The highest BCUT2D eigenvalue weighted by molar-refractivity contribution is 5.89. The first-order chi connectivity index (χ1) is 14.8. The third-order valence-electron chi connectivity index (χ3n) is 7.01. The van der Waals surface area contributed by atoms with E-state index in [4.69, 9.17) is 4.74 Å². The second kappa shape index (κ2) is 6.72. The fourth-order valence-corrected chi connectivity index (χ4v) is 5.49. The smallest absolute Gasteiger partial charge is 0.190 e. The Bertz CT molecular complexity index is 1230. The zero-order chi connectivity index (χ0) is 20.1. The molecule has 2 nitrogen and oxygen atoms in total. The SMILES string of the molecule is CN1CCc2ccccc2[C@]12C[C@@H](c1ccccc1)c1c(ccc3ccccc13)O2. The molecule has 4 aromatic carbocycles. The molecule has 0 N–H and O–H groups in total. The molecule has 0 amide bonds. The summed E-state index contributed by atoms with van der Waals surface area (Å²) < 4.78 is 6.98. The van der Waals surface area contributed by atoms with Crippen LogP contribution in [0.2, 0.25) is 0 Å². The van der Waals surface area contributed by atoms with Crippen LogP contribution in [0.1, 0.15) is 34.6 Å². The lowest BCUT2D eigenvalue weighted by Crippen LogP contribution is -2.55. The molecule has 2 heterocycles. The van der Waals surface area contributed by atoms with Gasteiger partial charge in [0.15, 0.2) is 5.72 Å². The Morgan fingerprint density at radius 1 is 0.833 bits per heavy atom. The van der Waals surface area contributed by atoms with Crippen LogP contribution in [-0.4, -0.2) is 18.5 Å². The maximum atomic E-state index is 6.98. The van der Waals surface area contributed by atoms with E-state index in [1.165, 1.54) is 33.0 Å². The topological polar surface area (TPSA) is 12.5 Å². The maximum Gasteiger partial charge on any atom is 0.190 e. The third kappa shape index (κ3) is 2.54. The van der Waals surface area contributed by atoms with Crippen LogP contribution < -0.4 is 4.74 Å². The minimum atomic E-state index is -0.440. The zero-order valence-corrected chi connectivity index (χ0v) is 17.2. The van der Waals surface area contributed by atoms with Crippen LogP contribution in [0.15, 0.2) is 91.0 Å². The lowest BCUT2D eigenvalue weighted by atomic mass is 9.75. The molecular weight excluding hydrogens is 366 g/mol. The van der Waals surface area contributed by atoms with Gasteiger partial charge in [-0.2, -0.15) is 0 Å². The summed E-state index contributed by atoms with van der Waals surface area (Å²) in [4.78, 5) is 2.42. The summed E-state index contributed by atoms with van der Waals surface area (Å²) in [6.07, 6.45) is 1.98. The number of likely N-dealkylation sites (N-methyl/N-ethyl adjacent to an activating group) is 1. The van der Waals surface area contributed by atoms with E-state index in [1.54, 1.807) is 0 Å². The Morgan fingerprint density at radius 3 is 2.50 bits per heavy atom. The molecule has 0 fully saturated rings. The second-order valence-electron chi connectivity index (χ2n) is 8.58. The minimum Gasteiger partial charge on any atom is -0.468 e. The number of benzene rings is 4. The average Bonchev–Trinajstić information content (AvgIpc) is 2.81. The summed E-state index contributed by atoms with van der Waals surface area (Å²) in [5, 5.41) is 2.57. The molecule has 6 rings (SSSR count). The predicted octanol–water partition coefficient (Wildman–Crippen LogP) is 6.10. The Kier molecular flexibility index (Phi) is 3.97. The molecule has 0 aromatic heterocycles. The molecule has 148 valence electrons. The van der Waals surface area contributed by atoms with Gasteiger partial charge >= 0.3 is 0 Å². The number of ether oxygens (including phenoxy) is 1. The van der Waals surface area contributed by atoms with Gasteiger partial charge in [0.25, 0.3) is 0 Å². The Morgan fingerprint density at radius 2 is 1.60 bits per heavy atom. The van der Waals surface area contributed by atoms with Gasteiger partial charge in [-0.25, -0.2) is 0 Å². The molecule has 2 aliphatic heterocycles. The molecule has 0 saturated carbocycles. The van der Waals surface area contributed by atoms with Gasteiger partial charge in [0.2, 0.25) is 0 Å². The van der Waals surface area contributed by atoms with Crippen molar-refractivity contribution in [3.63, 3.8) is 0 Å². The molecule has 2 aliphatic rings. The molecule has 0 aliphatic carbocycles. The molecule has 0 radical (unpaired) electrons. The van der Waals surface area contributed by atoms with Crippen molar-refractivity contribution in [2.45, 2.75) is 24.5 Å². The first kappa shape index (κ1) is 17.7. The number of nitrogens with zero attached hydrogens (tertiary/aromatic N) is 1. The van der Waals surface area contributed by atoms with Crippen molar-refractivity contribution in [2.24, 2.45) is 0 Å². The van der Waals surface area contributed by atoms with Crippen molar-refractivity contribution in [3.05, 3.63) is 113 Å².